The van der Waals surface area contributed by atoms with Crippen molar-refractivity contribution in [2.24, 2.45) is 0 Å². The fourth-order valence-corrected chi connectivity index (χ4v) is 4.29. The Labute approximate surface area is 209 Å². The van der Waals surface area contributed by atoms with E-state index in [-0.39, 0.29) is 17.9 Å². The van der Waals surface area contributed by atoms with Crippen LogP contribution in [0.1, 0.15) is 22.7 Å². The number of carbonyl (C=O) groups excluding carboxylic acids is 2. The molecule has 3 aromatic rings. The van der Waals surface area contributed by atoms with Crippen LogP contribution in [0.4, 0.5) is 0 Å². The van der Waals surface area contributed by atoms with Gasteiger partial charge in [0.2, 0.25) is 0 Å². The molecule has 0 radical (unpaired) electrons. The van der Waals surface area contributed by atoms with E-state index in [1.165, 1.54) is 23.1 Å². The van der Waals surface area contributed by atoms with Gasteiger partial charge in [-0.05, 0) is 53.5 Å². The summed E-state index contributed by atoms with van der Waals surface area (Å²) in [4.78, 5) is 27.8. The Morgan fingerprint density at radius 3 is 2.39 bits per heavy atom. The molecule has 4 rings (SSSR count). The number of allylic oxidation sites excluding steroid dienone is 1. The minimum Gasteiger partial charge on any atom is -0.508 e. The Bertz CT molecular complexity index is 1330. The van der Waals surface area contributed by atoms with Crippen molar-refractivity contribution in [3.05, 3.63) is 107 Å². The third kappa shape index (κ3) is 5.10. The first-order valence-electron chi connectivity index (χ1n) is 11.4. The summed E-state index contributed by atoms with van der Waals surface area (Å²) < 4.78 is 10.7. The number of phenolic OH excluding ortho intramolecular Hbond substituents is 1. The van der Waals surface area contributed by atoms with Crippen LogP contribution in [0.3, 0.4) is 0 Å². The van der Waals surface area contributed by atoms with E-state index in [0.29, 0.717) is 23.5 Å². The smallest absolute Gasteiger partial charge is 0.290 e. The van der Waals surface area contributed by atoms with E-state index in [4.69, 9.17) is 9.47 Å². The average molecular weight is 486 g/mol. The Morgan fingerprint density at radius 2 is 1.69 bits per heavy atom. The lowest BCUT2D eigenvalue weighted by Gasteiger charge is -2.27. The number of ketones is 1. The van der Waals surface area contributed by atoms with Gasteiger partial charge in [0.1, 0.15) is 5.75 Å². The zero-order chi connectivity index (χ0) is 25.7. The number of rotatable bonds is 9. The number of carbonyl (C=O) groups is 2. The first kappa shape index (κ1) is 24.6. The topological polar surface area (TPSA) is 96.3 Å². The van der Waals surface area contributed by atoms with Crippen LogP contribution in [0.25, 0.3) is 6.08 Å². The van der Waals surface area contributed by atoms with E-state index in [2.05, 4.69) is 0 Å². The second kappa shape index (κ2) is 10.8. The number of ether oxygens (including phenoxy) is 2. The number of aliphatic hydroxyl groups excluding tert-OH is 1. The summed E-state index contributed by atoms with van der Waals surface area (Å²) in [6, 6.07) is 20.3. The van der Waals surface area contributed by atoms with Gasteiger partial charge in [0.15, 0.2) is 23.0 Å². The van der Waals surface area contributed by atoms with Crippen molar-refractivity contribution in [2.75, 3.05) is 20.8 Å². The van der Waals surface area contributed by atoms with Gasteiger partial charge in [-0.25, -0.2) is 0 Å². The van der Waals surface area contributed by atoms with Gasteiger partial charge in [0, 0.05) is 6.54 Å². The Balaban J connectivity index is 1.65. The van der Waals surface area contributed by atoms with Crippen LogP contribution < -0.4 is 9.47 Å². The van der Waals surface area contributed by atoms with Crippen LogP contribution in [0, 0.1) is 0 Å². The highest BCUT2D eigenvalue weighted by molar-refractivity contribution is 6.14. The number of benzene rings is 3. The van der Waals surface area contributed by atoms with Gasteiger partial charge in [0.05, 0.1) is 25.8 Å². The van der Waals surface area contributed by atoms with Crippen molar-refractivity contribution in [2.45, 2.75) is 12.5 Å². The van der Waals surface area contributed by atoms with Crippen molar-refractivity contribution in [3.63, 3.8) is 0 Å². The third-order valence-corrected chi connectivity index (χ3v) is 6.07. The maximum Gasteiger partial charge on any atom is 0.290 e. The molecule has 3 aromatic carbocycles. The molecule has 0 saturated carbocycles. The van der Waals surface area contributed by atoms with Gasteiger partial charge in [-0.3, -0.25) is 9.59 Å². The van der Waals surface area contributed by atoms with Crippen molar-refractivity contribution in [3.8, 4) is 17.2 Å². The molecule has 1 atom stereocenters. The van der Waals surface area contributed by atoms with E-state index < -0.39 is 23.5 Å². The predicted molar refractivity (Wildman–Crippen MR) is 136 cm³/mol. The summed E-state index contributed by atoms with van der Waals surface area (Å²) in [5.41, 5.74) is 2.20. The molecule has 0 unspecified atom stereocenters. The molecule has 1 heterocycles. The van der Waals surface area contributed by atoms with E-state index in [0.717, 1.165) is 11.1 Å². The lowest BCUT2D eigenvalue weighted by molar-refractivity contribution is -0.129. The Hall–Kier alpha value is -4.52. The molecule has 2 N–H and O–H groups in total. The minimum absolute atomic E-state index is 0.00203. The molecule has 7 nitrogen and oxygen atoms in total. The van der Waals surface area contributed by atoms with E-state index in [1.54, 1.807) is 38.5 Å². The van der Waals surface area contributed by atoms with Gasteiger partial charge in [-0.1, -0.05) is 54.6 Å². The van der Waals surface area contributed by atoms with Gasteiger partial charge in [-0.15, -0.1) is 0 Å². The molecule has 0 spiro atoms. The van der Waals surface area contributed by atoms with Crippen molar-refractivity contribution < 1.29 is 29.3 Å². The average Bonchev–Trinajstić information content (AvgIpc) is 3.16. The zero-order valence-corrected chi connectivity index (χ0v) is 20.0. The third-order valence-electron chi connectivity index (χ3n) is 6.07. The molecule has 1 aliphatic rings. The summed E-state index contributed by atoms with van der Waals surface area (Å²) in [5, 5.41) is 20.9. The fraction of sp³-hybridized carbons (Fsp3) is 0.172. The van der Waals surface area contributed by atoms with E-state index in [9.17, 15) is 19.8 Å². The van der Waals surface area contributed by atoms with Gasteiger partial charge >= 0.3 is 0 Å². The summed E-state index contributed by atoms with van der Waals surface area (Å²) in [6.45, 7) is 0.220. The van der Waals surface area contributed by atoms with Crippen LogP contribution in [0.2, 0.25) is 0 Å². The molecule has 0 aliphatic carbocycles. The largest absolute Gasteiger partial charge is 0.508 e. The lowest BCUT2D eigenvalue weighted by Crippen LogP contribution is -2.33. The number of hydrogen-bond acceptors (Lipinski definition) is 6. The molecule has 0 saturated heterocycles. The number of aromatic hydroxyl groups is 1. The van der Waals surface area contributed by atoms with Crippen LogP contribution >= 0.6 is 0 Å². The van der Waals surface area contributed by atoms with Crippen molar-refractivity contribution in [1.29, 1.82) is 0 Å². The number of methoxy groups -OCH3 is 2. The number of nitrogens with zero attached hydrogens (tertiary/aromatic N) is 1. The lowest BCUT2D eigenvalue weighted by atomic mass is 9.95. The first-order chi connectivity index (χ1) is 17.4. The zero-order valence-electron chi connectivity index (χ0n) is 20.0. The SMILES string of the molecule is COc1ccc(CCN2C(=O)C(O)=C(C(=O)/C=C/c3ccccc3)[C@@H]2c2cccc(O)c2)cc1OC. The normalized spacial score (nSPS) is 15.6. The predicted octanol–water partition coefficient (Wildman–Crippen LogP) is 4.63. The molecule has 0 fully saturated rings. The standard InChI is InChI=1S/C29H27NO6/c1-35-24-14-12-20(17-25(24)36-2)15-16-30-27(21-9-6-10-22(31)18-21)26(28(33)29(30)34)23(32)13-11-19-7-4-3-5-8-19/h3-14,17-18,27,31,33H,15-16H2,1-2H3/b13-11+/t27-/m0/s1. The molecule has 7 heteroatoms. The summed E-state index contributed by atoms with van der Waals surface area (Å²) in [5.74, 6) is -0.549. The highest BCUT2D eigenvalue weighted by Crippen LogP contribution is 2.39. The monoisotopic (exact) mass is 485 g/mol. The molecule has 1 amide bonds. The number of hydrogen-bond donors (Lipinski definition) is 2. The molecular formula is C29H27NO6. The second-order valence-electron chi connectivity index (χ2n) is 8.31. The summed E-state index contributed by atoms with van der Waals surface area (Å²) in [7, 11) is 3.10. The van der Waals surface area contributed by atoms with Crippen LogP contribution in [-0.2, 0) is 16.0 Å². The second-order valence-corrected chi connectivity index (χ2v) is 8.31. The molecule has 0 bridgehead atoms. The summed E-state index contributed by atoms with van der Waals surface area (Å²) >= 11 is 0. The maximum atomic E-state index is 13.2. The first-order valence-corrected chi connectivity index (χ1v) is 11.4. The van der Waals surface area contributed by atoms with E-state index in [1.807, 2.05) is 42.5 Å². The van der Waals surface area contributed by atoms with Gasteiger partial charge in [0.25, 0.3) is 5.91 Å². The molecule has 1 aliphatic heterocycles. The molecule has 184 valence electrons. The fourth-order valence-electron chi connectivity index (χ4n) is 4.29. The number of aliphatic hydroxyl groups is 1. The number of amides is 1. The van der Waals surface area contributed by atoms with Crippen molar-refractivity contribution in [1.82, 2.24) is 4.90 Å². The molecule has 0 aromatic heterocycles. The van der Waals surface area contributed by atoms with Crippen LogP contribution in [0.5, 0.6) is 17.2 Å². The maximum absolute atomic E-state index is 13.2. The molecule has 36 heavy (non-hydrogen) atoms. The van der Waals surface area contributed by atoms with Crippen LogP contribution in [-0.4, -0.2) is 47.6 Å². The highest BCUT2D eigenvalue weighted by Gasteiger charge is 2.42. The van der Waals surface area contributed by atoms with Crippen LogP contribution in [0.15, 0.2) is 90.2 Å². The van der Waals surface area contributed by atoms with Gasteiger partial charge in [-0.2, -0.15) is 0 Å². The Morgan fingerprint density at radius 1 is 0.944 bits per heavy atom. The summed E-state index contributed by atoms with van der Waals surface area (Å²) in [6.07, 6.45) is 3.43. The quantitative estimate of drug-likeness (QED) is 0.429. The molecular weight excluding hydrogens is 458 g/mol. The minimum atomic E-state index is -0.849. The van der Waals surface area contributed by atoms with Crippen molar-refractivity contribution >= 4 is 17.8 Å². The highest BCUT2D eigenvalue weighted by atomic mass is 16.5. The number of phenols is 1. The van der Waals surface area contributed by atoms with E-state index >= 15 is 0 Å². The Kier molecular flexibility index (Phi) is 7.39. The van der Waals surface area contributed by atoms with Gasteiger partial charge < -0.3 is 24.6 Å².